The molecular formula is C18H20F3N3. The van der Waals surface area contributed by atoms with Gasteiger partial charge in [-0.2, -0.15) is 13.2 Å². The summed E-state index contributed by atoms with van der Waals surface area (Å²) < 4.78 is 37.6. The highest BCUT2D eigenvalue weighted by Gasteiger charge is 2.29. The number of aliphatic imine (C=N–C) groups is 1. The van der Waals surface area contributed by atoms with Gasteiger partial charge in [0.2, 0.25) is 0 Å². The molecule has 2 N–H and O–H groups in total. The van der Waals surface area contributed by atoms with Gasteiger partial charge in [0.05, 0.1) is 5.56 Å². The molecule has 0 aliphatic rings. The Labute approximate surface area is 139 Å². The lowest BCUT2D eigenvalue weighted by atomic mass is 10.1. The van der Waals surface area contributed by atoms with Crippen LogP contribution in [0, 0.1) is 0 Å². The molecular weight excluding hydrogens is 315 g/mol. The van der Waals surface area contributed by atoms with Crippen molar-refractivity contribution < 1.29 is 13.2 Å². The van der Waals surface area contributed by atoms with Gasteiger partial charge in [0.25, 0.3) is 0 Å². The molecule has 3 nitrogen and oxygen atoms in total. The zero-order valence-corrected chi connectivity index (χ0v) is 13.4. The SMILES string of the molecule is CN=C(NCCc1ccccc1)NCc1ccc(C(F)(F)F)cc1. The summed E-state index contributed by atoms with van der Waals surface area (Å²) in [6.07, 6.45) is -3.44. The van der Waals surface area contributed by atoms with Gasteiger partial charge >= 0.3 is 6.18 Å². The summed E-state index contributed by atoms with van der Waals surface area (Å²) in [5.41, 5.74) is 1.34. The van der Waals surface area contributed by atoms with E-state index in [-0.39, 0.29) is 0 Å². The van der Waals surface area contributed by atoms with Crippen LogP contribution in [-0.2, 0) is 19.1 Å². The molecule has 128 valence electrons. The molecule has 6 heteroatoms. The Morgan fingerprint density at radius 1 is 0.917 bits per heavy atom. The van der Waals surface area contributed by atoms with E-state index in [4.69, 9.17) is 0 Å². The van der Waals surface area contributed by atoms with Crippen LogP contribution in [0.15, 0.2) is 59.6 Å². The topological polar surface area (TPSA) is 36.4 Å². The number of hydrogen-bond acceptors (Lipinski definition) is 1. The highest BCUT2D eigenvalue weighted by molar-refractivity contribution is 5.79. The first-order valence-corrected chi connectivity index (χ1v) is 7.63. The second kappa shape index (κ2) is 8.38. The van der Waals surface area contributed by atoms with Crippen LogP contribution in [0.4, 0.5) is 13.2 Å². The number of alkyl halides is 3. The number of halogens is 3. The van der Waals surface area contributed by atoms with Crippen molar-refractivity contribution in [3.05, 3.63) is 71.3 Å². The van der Waals surface area contributed by atoms with Crippen molar-refractivity contribution >= 4 is 5.96 Å². The van der Waals surface area contributed by atoms with Crippen LogP contribution in [-0.4, -0.2) is 19.6 Å². The molecule has 0 aromatic heterocycles. The lowest BCUT2D eigenvalue weighted by Gasteiger charge is -2.12. The molecule has 0 bridgehead atoms. The van der Waals surface area contributed by atoms with E-state index in [1.165, 1.54) is 17.7 Å². The van der Waals surface area contributed by atoms with E-state index in [0.717, 1.165) is 30.7 Å². The van der Waals surface area contributed by atoms with Crippen molar-refractivity contribution in [2.75, 3.05) is 13.6 Å². The van der Waals surface area contributed by atoms with Crippen molar-refractivity contribution in [2.45, 2.75) is 19.1 Å². The summed E-state index contributed by atoms with van der Waals surface area (Å²) in [6.45, 7) is 1.12. The van der Waals surface area contributed by atoms with Crippen LogP contribution in [0.2, 0.25) is 0 Å². The number of guanidine groups is 1. The first-order chi connectivity index (χ1) is 11.5. The molecule has 2 aromatic rings. The smallest absolute Gasteiger partial charge is 0.356 e. The van der Waals surface area contributed by atoms with Crippen LogP contribution in [0.3, 0.4) is 0 Å². The van der Waals surface area contributed by atoms with Gasteiger partial charge in [-0.1, -0.05) is 42.5 Å². The fraction of sp³-hybridized carbons (Fsp3) is 0.278. The van der Waals surface area contributed by atoms with Gasteiger partial charge in [0.1, 0.15) is 0 Å². The predicted octanol–water partition coefficient (Wildman–Crippen LogP) is 3.61. The maximum Gasteiger partial charge on any atom is 0.416 e. The van der Waals surface area contributed by atoms with Gasteiger partial charge < -0.3 is 10.6 Å². The minimum Gasteiger partial charge on any atom is -0.356 e. The Hall–Kier alpha value is -2.50. The largest absolute Gasteiger partial charge is 0.416 e. The molecule has 0 aliphatic heterocycles. The second-order valence-corrected chi connectivity index (χ2v) is 5.28. The molecule has 0 unspecified atom stereocenters. The summed E-state index contributed by atoms with van der Waals surface area (Å²) in [6, 6.07) is 15.2. The summed E-state index contributed by atoms with van der Waals surface area (Å²) in [7, 11) is 1.66. The predicted molar refractivity (Wildman–Crippen MR) is 89.8 cm³/mol. The summed E-state index contributed by atoms with van der Waals surface area (Å²) in [4.78, 5) is 4.11. The highest BCUT2D eigenvalue weighted by atomic mass is 19.4. The molecule has 0 aliphatic carbocycles. The molecule has 0 amide bonds. The minimum atomic E-state index is -4.30. The highest BCUT2D eigenvalue weighted by Crippen LogP contribution is 2.28. The Morgan fingerprint density at radius 3 is 2.17 bits per heavy atom. The molecule has 0 saturated carbocycles. The van der Waals surface area contributed by atoms with Crippen molar-refractivity contribution in [1.29, 1.82) is 0 Å². The third kappa shape index (κ3) is 5.61. The molecule has 0 spiro atoms. The average Bonchev–Trinajstić information content (AvgIpc) is 2.58. The normalized spacial score (nSPS) is 12.1. The number of nitrogens with zero attached hydrogens (tertiary/aromatic N) is 1. The first kappa shape index (κ1) is 17.8. The molecule has 0 saturated heterocycles. The molecule has 2 rings (SSSR count). The summed E-state index contributed by atoms with van der Waals surface area (Å²) in [5, 5.41) is 6.27. The minimum absolute atomic E-state index is 0.406. The maximum absolute atomic E-state index is 12.5. The lowest BCUT2D eigenvalue weighted by Crippen LogP contribution is -2.37. The Balaban J connectivity index is 1.79. The first-order valence-electron chi connectivity index (χ1n) is 7.63. The van der Waals surface area contributed by atoms with Crippen molar-refractivity contribution in [3.8, 4) is 0 Å². The van der Waals surface area contributed by atoms with Crippen molar-refractivity contribution in [1.82, 2.24) is 10.6 Å². The zero-order valence-electron chi connectivity index (χ0n) is 13.4. The van der Waals surface area contributed by atoms with Gasteiger partial charge in [0.15, 0.2) is 5.96 Å². The molecule has 0 radical (unpaired) electrons. The lowest BCUT2D eigenvalue weighted by molar-refractivity contribution is -0.137. The second-order valence-electron chi connectivity index (χ2n) is 5.28. The average molecular weight is 335 g/mol. The number of nitrogens with one attached hydrogen (secondary N) is 2. The van der Waals surface area contributed by atoms with Gasteiger partial charge in [-0.3, -0.25) is 4.99 Å². The monoisotopic (exact) mass is 335 g/mol. The van der Waals surface area contributed by atoms with Crippen molar-refractivity contribution in [2.24, 2.45) is 4.99 Å². The Kier molecular flexibility index (Phi) is 6.23. The molecule has 24 heavy (non-hydrogen) atoms. The van der Waals surface area contributed by atoms with E-state index in [1.807, 2.05) is 18.2 Å². The van der Waals surface area contributed by atoms with Gasteiger partial charge in [0, 0.05) is 20.1 Å². The molecule has 0 atom stereocenters. The summed E-state index contributed by atoms with van der Waals surface area (Å²) in [5.74, 6) is 0.617. The van der Waals surface area contributed by atoms with Crippen LogP contribution >= 0.6 is 0 Å². The van der Waals surface area contributed by atoms with E-state index in [9.17, 15) is 13.2 Å². The van der Waals surface area contributed by atoms with Crippen LogP contribution in [0.25, 0.3) is 0 Å². The summed E-state index contributed by atoms with van der Waals surface area (Å²) >= 11 is 0. The van der Waals surface area contributed by atoms with Gasteiger partial charge in [-0.15, -0.1) is 0 Å². The number of benzene rings is 2. The van der Waals surface area contributed by atoms with E-state index in [2.05, 4.69) is 27.8 Å². The van der Waals surface area contributed by atoms with Crippen LogP contribution in [0.5, 0.6) is 0 Å². The van der Waals surface area contributed by atoms with Crippen molar-refractivity contribution in [3.63, 3.8) is 0 Å². The Morgan fingerprint density at radius 2 is 1.58 bits per heavy atom. The quantitative estimate of drug-likeness (QED) is 0.647. The number of rotatable bonds is 5. The van der Waals surface area contributed by atoms with Gasteiger partial charge in [-0.05, 0) is 29.7 Å². The third-order valence-electron chi connectivity index (χ3n) is 3.51. The fourth-order valence-corrected chi connectivity index (χ4v) is 2.19. The number of hydrogen-bond donors (Lipinski definition) is 2. The van der Waals surface area contributed by atoms with Crippen LogP contribution in [0.1, 0.15) is 16.7 Å². The fourth-order valence-electron chi connectivity index (χ4n) is 2.19. The third-order valence-corrected chi connectivity index (χ3v) is 3.51. The van der Waals surface area contributed by atoms with Gasteiger partial charge in [-0.25, -0.2) is 0 Å². The molecule has 0 fully saturated rings. The molecule has 2 aromatic carbocycles. The van der Waals surface area contributed by atoms with E-state index < -0.39 is 11.7 Å². The molecule has 0 heterocycles. The van der Waals surface area contributed by atoms with E-state index in [0.29, 0.717) is 12.5 Å². The maximum atomic E-state index is 12.5. The Bertz CT molecular complexity index is 649. The van der Waals surface area contributed by atoms with Crippen LogP contribution < -0.4 is 10.6 Å². The zero-order chi connectivity index (χ0) is 17.4. The van der Waals surface area contributed by atoms with E-state index >= 15 is 0 Å². The standard InChI is InChI=1S/C18H20F3N3/c1-22-17(23-12-11-14-5-3-2-4-6-14)24-13-15-7-9-16(10-8-15)18(19,20)21/h2-10H,11-13H2,1H3,(H2,22,23,24). The van der Waals surface area contributed by atoms with E-state index in [1.54, 1.807) is 7.05 Å².